The smallest absolute Gasteiger partial charge is 0.0557 e. The Morgan fingerprint density at radius 1 is 1.73 bits per heavy atom. The van der Waals surface area contributed by atoms with E-state index in [1.165, 1.54) is 0 Å². The van der Waals surface area contributed by atoms with E-state index in [0.29, 0.717) is 0 Å². The van der Waals surface area contributed by atoms with Crippen LogP contribution in [0, 0.1) is 0 Å². The van der Waals surface area contributed by atoms with Gasteiger partial charge in [-0.05, 0) is 13.0 Å². The minimum Gasteiger partial charge on any atom is -0.367 e. The van der Waals surface area contributed by atoms with Gasteiger partial charge in [0.15, 0.2) is 0 Å². The Kier molecular flexibility index (Phi) is 2.72. The maximum atomic E-state index is 4.17. The van der Waals surface area contributed by atoms with Crippen LogP contribution in [0.25, 0.3) is 0 Å². The number of aromatic amines is 1. The lowest BCUT2D eigenvalue weighted by Gasteiger charge is -2.06. The molecule has 3 nitrogen and oxygen atoms in total. The van der Waals surface area contributed by atoms with Crippen LogP contribution in [0.3, 0.4) is 0 Å². The quantitative estimate of drug-likeness (QED) is 0.512. The highest BCUT2D eigenvalue weighted by Gasteiger charge is 1.86. The van der Waals surface area contributed by atoms with Gasteiger partial charge in [-0.15, -0.1) is 0 Å². The number of H-pyrrole nitrogens is 1. The van der Waals surface area contributed by atoms with Crippen molar-refractivity contribution in [1.29, 1.82) is 0 Å². The van der Waals surface area contributed by atoms with Crippen LogP contribution in [0.2, 0.25) is 0 Å². The van der Waals surface area contributed by atoms with Crippen molar-refractivity contribution >= 4 is 6.21 Å². The molecule has 1 heterocycles. The number of hydrazone groups is 1. The van der Waals surface area contributed by atoms with E-state index in [1.54, 1.807) is 0 Å². The molecule has 1 aromatic heterocycles. The number of nitrogens with one attached hydrogen (secondary N) is 1. The monoisotopic (exact) mass is 151 g/mol. The second-order valence-electron chi connectivity index (χ2n) is 2.36. The van der Waals surface area contributed by atoms with Crippen LogP contribution in [-0.4, -0.2) is 29.8 Å². The van der Waals surface area contributed by atoms with Gasteiger partial charge in [-0.25, -0.2) is 0 Å². The van der Waals surface area contributed by atoms with Gasteiger partial charge >= 0.3 is 0 Å². The highest BCUT2D eigenvalue weighted by molar-refractivity contribution is 5.78. The normalized spacial score (nSPS) is 10.7. The van der Waals surface area contributed by atoms with Gasteiger partial charge in [0.1, 0.15) is 0 Å². The number of aromatic nitrogens is 1. The average Bonchev–Trinajstić information content (AvgIpc) is 2.52. The molecule has 0 aliphatic rings. The maximum absolute atomic E-state index is 4.17. The third kappa shape index (κ3) is 2.45. The zero-order valence-corrected chi connectivity index (χ0v) is 6.91. The van der Waals surface area contributed by atoms with Crippen molar-refractivity contribution in [2.45, 2.75) is 6.92 Å². The predicted octanol–water partition coefficient (Wildman–Crippen LogP) is 1.30. The summed E-state index contributed by atoms with van der Waals surface area (Å²) in [6, 6.07) is 1.98. The first-order valence-corrected chi connectivity index (χ1v) is 3.71. The fourth-order valence-electron chi connectivity index (χ4n) is 0.664. The van der Waals surface area contributed by atoms with Crippen LogP contribution in [0.15, 0.2) is 23.6 Å². The van der Waals surface area contributed by atoms with E-state index in [4.69, 9.17) is 0 Å². The van der Waals surface area contributed by atoms with Gasteiger partial charge in [0.05, 0.1) is 6.21 Å². The van der Waals surface area contributed by atoms with E-state index in [9.17, 15) is 0 Å². The molecule has 1 N–H and O–H groups in total. The highest BCUT2D eigenvalue weighted by Crippen LogP contribution is 1.91. The molecule has 11 heavy (non-hydrogen) atoms. The molecule has 1 rings (SSSR count). The van der Waals surface area contributed by atoms with Crippen LogP contribution in [-0.2, 0) is 0 Å². The van der Waals surface area contributed by atoms with Gasteiger partial charge < -0.3 is 9.99 Å². The van der Waals surface area contributed by atoms with E-state index in [0.717, 1.165) is 12.1 Å². The topological polar surface area (TPSA) is 31.4 Å². The SMILES string of the molecule is CCN(C)/N=C/c1cc[nH]c1. The second kappa shape index (κ2) is 3.81. The third-order valence-electron chi connectivity index (χ3n) is 1.48. The van der Waals surface area contributed by atoms with Crippen molar-refractivity contribution in [3.05, 3.63) is 24.0 Å². The molecule has 60 valence electrons. The van der Waals surface area contributed by atoms with Gasteiger partial charge in [0, 0.05) is 31.5 Å². The molecule has 0 aliphatic carbocycles. The molecule has 0 saturated heterocycles. The Balaban J connectivity index is 2.48. The summed E-state index contributed by atoms with van der Waals surface area (Å²) in [6.07, 6.45) is 5.63. The van der Waals surface area contributed by atoms with Crippen molar-refractivity contribution in [3.63, 3.8) is 0 Å². The van der Waals surface area contributed by atoms with Crippen LogP contribution < -0.4 is 0 Å². The first-order chi connectivity index (χ1) is 5.33. The number of rotatable bonds is 3. The molecule has 1 aromatic rings. The number of nitrogens with zero attached hydrogens (tertiary/aromatic N) is 2. The zero-order valence-electron chi connectivity index (χ0n) is 6.91. The fourth-order valence-corrected chi connectivity index (χ4v) is 0.664. The molecule has 0 fully saturated rings. The lowest BCUT2D eigenvalue weighted by Crippen LogP contribution is -2.09. The summed E-state index contributed by atoms with van der Waals surface area (Å²) in [5.41, 5.74) is 1.10. The number of hydrogen-bond acceptors (Lipinski definition) is 2. The summed E-state index contributed by atoms with van der Waals surface area (Å²) in [5, 5.41) is 6.06. The summed E-state index contributed by atoms with van der Waals surface area (Å²) in [5.74, 6) is 0. The Bertz CT molecular complexity index is 213. The molecule has 0 saturated carbocycles. The van der Waals surface area contributed by atoms with Crippen LogP contribution in [0.5, 0.6) is 0 Å². The molecule has 0 bridgehead atoms. The molecule has 3 heteroatoms. The summed E-state index contributed by atoms with van der Waals surface area (Å²) in [4.78, 5) is 2.96. The minimum atomic E-state index is 0.931. The molecule has 0 atom stereocenters. The Labute approximate surface area is 66.7 Å². The zero-order chi connectivity index (χ0) is 8.10. The van der Waals surface area contributed by atoms with Crippen molar-refractivity contribution in [2.24, 2.45) is 5.10 Å². The second-order valence-corrected chi connectivity index (χ2v) is 2.36. The van der Waals surface area contributed by atoms with E-state index in [1.807, 2.05) is 36.7 Å². The van der Waals surface area contributed by atoms with Crippen molar-refractivity contribution in [2.75, 3.05) is 13.6 Å². The molecular weight excluding hydrogens is 138 g/mol. The first kappa shape index (κ1) is 7.85. The molecule has 0 radical (unpaired) electrons. The first-order valence-electron chi connectivity index (χ1n) is 3.71. The van der Waals surface area contributed by atoms with E-state index < -0.39 is 0 Å². The lowest BCUT2D eigenvalue weighted by atomic mass is 10.4. The third-order valence-corrected chi connectivity index (χ3v) is 1.48. The van der Waals surface area contributed by atoms with Gasteiger partial charge in [0.2, 0.25) is 0 Å². The Hall–Kier alpha value is -1.25. The lowest BCUT2D eigenvalue weighted by molar-refractivity contribution is 0.377. The van der Waals surface area contributed by atoms with Crippen molar-refractivity contribution < 1.29 is 0 Å². The fraction of sp³-hybridized carbons (Fsp3) is 0.375. The van der Waals surface area contributed by atoms with Crippen molar-refractivity contribution in [1.82, 2.24) is 9.99 Å². The largest absolute Gasteiger partial charge is 0.367 e. The van der Waals surface area contributed by atoms with E-state index in [2.05, 4.69) is 17.0 Å². The average molecular weight is 151 g/mol. The summed E-state index contributed by atoms with van der Waals surface area (Å²) >= 11 is 0. The van der Waals surface area contributed by atoms with Crippen LogP contribution in [0.1, 0.15) is 12.5 Å². The Morgan fingerprint density at radius 2 is 2.55 bits per heavy atom. The molecule has 0 spiro atoms. The molecule has 0 unspecified atom stereocenters. The van der Waals surface area contributed by atoms with E-state index >= 15 is 0 Å². The van der Waals surface area contributed by atoms with Gasteiger partial charge in [-0.2, -0.15) is 5.10 Å². The summed E-state index contributed by atoms with van der Waals surface area (Å²) in [7, 11) is 1.95. The molecule has 0 aromatic carbocycles. The standard InChI is InChI=1S/C8H13N3/c1-3-11(2)10-7-8-4-5-9-6-8/h4-7,9H,3H2,1-2H3/b10-7+. The van der Waals surface area contributed by atoms with Crippen LogP contribution in [0.4, 0.5) is 0 Å². The minimum absolute atomic E-state index is 0.931. The van der Waals surface area contributed by atoms with Gasteiger partial charge in [0.25, 0.3) is 0 Å². The molecule has 0 amide bonds. The Morgan fingerprint density at radius 3 is 3.09 bits per heavy atom. The number of hydrogen-bond donors (Lipinski definition) is 1. The van der Waals surface area contributed by atoms with Gasteiger partial charge in [-0.1, -0.05) is 0 Å². The maximum Gasteiger partial charge on any atom is 0.0557 e. The molecule has 0 aliphatic heterocycles. The predicted molar refractivity (Wildman–Crippen MR) is 46.7 cm³/mol. The van der Waals surface area contributed by atoms with E-state index in [-0.39, 0.29) is 0 Å². The molecular formula is C8H13N3. The highest BCUT2D eigenvalue weighted by atomic mass is 15.4. The van der Waals surface area contributed by atoms with Gasteiger partial charge in [-0.3, -0.25) is 0 Å². The summed E-state index contributed by atoms with van der Waals surface area (Å²) in [6.45, 7) is 3.00. The van der Waals surface area contributed by atoms with Crippen LogP contribution >= 0.6 is 0 Å². The summed E-state index contributed by atoms with van der Waals surface area (Å²) < 4.78 is 0. The van der Waals surface area contributed by atoms with Crippen molar-refractivity contribution in [3.8, 4) is 0 Å².